The van der Waals surface area contributed by atoms with Gasteiger partial charge in [-0.2, -0.15) is 0 Å². The molecule has 2 aliphatic rings. The monoisotopic (exact) mass is 713 g/mol. The normalized spacial score (nSPS) is 12.8. The molecule has 0 fully saturated rings. The SMILES string of the molecule is CC(C)(C)c1cc2c3c(c1)B(c1ccccc1)c1ccc(-c4ccc(C(=O)O)cc4)cc1N3c1ccccc1B2c1ccc(-c2ccc(C(=O)O)cc2)cc1. The molecule has 0 spiro atoms. The standard InChI is InChI=1S/C48H37B2NO4/c1-48(2,3)36-28-41-45-42(29-36)50(38-24-21-31(22-25-38)30-13-17-33(18-14-30)46(52)53)39-11-7-8-12-43(39)51(45)44-27-35(32-15-19-34(20-16-32)47(54)55)23-26-40(44)49(41)37-9-5-4-6-10-37/h4-29H,1-3H3,(H,52,53)(H,54,55). The van der Waals surface area contributed by atoms with E-state index in [1.54, 1.807) is 24.3 Å². The minimum Gasteiger partial charge on any atom is -0.478 e. The predicted octanol–water partition coefficient (Wildman–Crippen LogP) is 6.84. The van der Waals surface area contributed by atoms with Crippen LogP contribution < -0.4 is 37.7 Å². The summed E-state index contributed by atoms with van der Waals surface area (Å²) in [7, 11) is 0. The van der Waals surface area contributed by atoms with Crippen LogP contribution in [-0.2, 0) is 5.41 Å². The summed E-state index contributed by atoms with van der Waals surface area (Å²) in [5.41, 5.74) is 16.5. The average molecular weight is 713 g/mol. The van der Waals surface area contributed by atoms with Crippen LogP contribution in [0.5, 0.6) is 0 Å². The molecule has 0 atom stereocenters. The molecule has 7 heteroatoms. The van der Waals surface area contributed by atoms with Gasteiger partial charge in [-0.25, -0.2) is 9.59 Å². The first kappa shape index (κ1) is 34.2. The van der Waals surface area contributed by atoms with E-state index in [1.807, 2.05) is 24.3 Å². The Morgan fingerprint density at radius 2 is 0.927 bits per heavy atom. The van der Waals surface area contributed by atoms with Crippen molar-refractivity contribution in [1.82, 2.24) is 0 Å². The van der Waals surface area contributed by atoms with Gasteiger partial charge in [0.2, 0.25) is 13.4 Å². The zero-order valence-electron chi connectivity index (χ0n) is 30.8. The first-order chi connectivity index (χ1) is 26.6. The molecule has 264 valence electrons. The fourth-order valence-electron chi connectivity index (χ4n) is 8.46. The highest BCUT2D eigenvalue weighted by Gasteiger charge is 2.44. The summed E-state index contributed by atoms with van der Waals surface area (Å²) in [5, 5.41) is 19.0. The number of benzene rings is 7. The van der Waals surface area contributed by atoms with E-state index in [0.717, 1.165) is 33.6 Å². The Morgan fingerprint density at radius 1 is 0.473 bits per heavy atom. The van der Waals surface area contributed by atoms with Crippen molar-refractivity contribution in [3.63, 3.8) is 0 Å². The fraction of sp³-hybridized carbons (Fsp3) is 0.0833. The maximum absolute atomic E-state index is 11.7. The number of carboxylic acids is 2. The van der Waals surface area contributed by atoms with Gasteiger partial charge in [0.25, 0.3) is 0 Å². The molecule has 0 saturated carbocycles. The van der Waals surface area contributed by atoms with Crippen molar-refractivity contribution in [1.29, 1.82) is 0 Å². The molecule has 0 amide bonds. The largest absolute Gasteiger partial charge is 0.478 e. The van der Waals surface area contributed by atoms with Gasteiger partial charge < -0.3 is 15.1 Å². The summed E-state index contributed by atoms with van der Waals surface area (Å²) in [5.74, 6) is -1.87. The van der Waals surface area contributed by atoms with Crippen molar-refractivity contribution < 1.29 is 19.8 Å². The summed E-state index contributed by atoms with van der Waals surface area (Å²) in [6, 6.07) is 53.9. The second-order valence-corrected chi connectivity index (χ2v) is 15.6. The smallest absolute Gasteiger partial charge is 0.335 e. The Morgan fingerprint density at radius 3 is 1.47 bits per heavy atom. The van der Waals surface area contributed by atoms with E-state index in [-0.39, 0.29) is 30.0 Å². The van der Waals surface area contributed by atoms with E-state index in [4.69, 9.17) is 0 Å². The third-order valence-corrected chi connectivity index (χ3v) is 11.3. The lowest BCUT2D eigenvalue weighted by Crippen LogP contribution is -2.65. The average Bonchev–Trinajstić information content (AvgIpc) is 3.20. The number of anilines is 3. The molecule has 2 aliphatic heterocycles. The van der Waals surface area contributed by atoms with E-state index in [2.05, 4.69) is 135 Å². The van der Waals surface area contributed by atoms with E-state index in [9.17, 15) is 19.8 Å². The Kier molecular flexibility index (Phi) is 8.12. The van der Waals surface area contributed by atoms with Crippen molar-refractivity contribution in [3.05, 3.63) is 174 Å². The molecule has 0 aromatic heterocycles. The summed E-state index contributed by atoms with van der Waals surface area (Å²) < 4.78 is 0. The molecule has 2 heterocycles. The Hall–Kier alpha value is -6.59. The van der Waals surface area contributed by atoms with Crippen molar-refractivity contribution in [2.75, 3.05) is 4.90 Å². The maximum Gasteiger partial charge on any atom is 0.335 e. The summed E-state index contributed by atoms with van der Waals surface area (Å²) >= 11 is 0. The number of nitrogens with zero attached hydrogens (tertiary/aromatic N) is 1. The van der Waals surface area contributed by atoms with Crippen LogP contribution in [0.2, 0.25) is 0 Å². The van der Waals surface area contributed by atoms with Crippen LogP contribution in [0.25, 0.3) is 22.3 Å². The Bertz CT molecular complexity index is 2630. The lowest BCUT2D eigenvalue weighted by molar-refractivity contribution is 0.0686. The number of fused-ring (bicyclic) bond motifs is 4. The number of rotatable bonds is 6. The zero-order chi connectivity index (χ0) is 38.0. The predicted molar refractivity (Wildman–Crippen MR) is 227 cm³/mol. The highest BCUT2D eigenvalue weighted by Crippen LogP contribution is 2.40. The lowest BCUT2D eigenvalue weighted by Gasteiger charge is -2.45. The summed E-state index contributed by atoms with van der Waals surface area (Å²) in [4.78, 5) is 25.6. The van der Waals surface area contributed by atoms with Gasteiger partial charge >= 0.3 is 11.9 Å². The number of hydrogen-bond donors (Lipinski definition) is 2. The van der Waals surface area contributed by atoms with Gasteiger partial charge in [0.15, 0.2) is 0 Å². The summed E-state index contributed by atoms with van der Waals surface area (Å²) in [6.45, 7) is 6.79. The third kappa shape index (κ3) is 5.84. The van der Waals surface area contributed by atoms with E-state index in [1.165, 1.54) is 44.0 Å². The molecule has 0 bridgehead atoms. The summed E-state index contributed by atoms with van der Waals surface area (Å²) in [6.07, 6.45) is 0. The highest BCUT2D eigenvalue weighted by atomic mass is 16.4. The fourth-order valence-corrected chi connectivity index (χ4v) is 8.46. The maximum atomic E-state index is 11.7. The van der Waals surface area contributed by atoms with Crippen LogP contribution in [0, 0.1) is 0 Å². The third-order valence-electron chi connectivity index (χ3n) is 11.3. The molecular weight excluding hydrogens is 676 g/mol. The molecule has 0 aliphatic carbocycles. The van der Waals surface area contributed by atoms with Crippen LogP contribution in [0.15, 0.2) is 158 Å². The van der Waals surface area contributed by atoms with Crippen molar-refractivity contribution in [2.24, 2.45) is 0 Å². The second-order valence-electron chi connectivity index (χ2n) is 15.6. The van der Waals surface area contributed by atoms with Gasteiger partial charge in [-0.3, -0.25) is 0 Å². The number of para-hydroxylation sites is 1. The minimum absolute atomic E-state index is 0.0194. The van der Waals surface area contributed by atoms with Crippen LogP contribution >= 0.6 is 0 Å². The van der Waals surface area contributed by atoms with Crippen LogP contribution in [0.1, 0.15) is 47.1 Å². The number of carbonyl (C=O) groups is 2. The molecule has 5 nitrogen and oxygen atoms in total. The molecule has 2 N–H and O–H groups in total. The molecule has 7 aromatic carbocycles. The van der Waals surface area contributed by atoms with Crippen molar-refractivity contribution >= 4 is 75.2 Å². The minimum atomic E-state index is -0.940. The lowest BCUT2D eigenvalue weighted by atomic mass is 9.30. The molecule has 0 unspecified atom stereocenters. The topological polar surface area (TPSA) is 77.8 Å². The zero-order valence-corrected chi connectivity index (χ0v) is 30.8. The van der Waals surface area contributed by atoms with Crippen LogP contribution in [-0.4, -0.2) is 35.6 Å². The first-order valence-electron chi connectivity index (χ1n) is 18.6. The molecule has 7 aromatic rings. The second kappa shape index (κ2) is 13.1. The van der Waals surface area contributed by atoms with E-state index < -0.39 is 11.9 Å². The van der Waals surface area contributed by atoms with Gasteiger partial charge in [-0.15, -0.1) is 0 Å². The van der Waals surface area contributed by atoms with Crippen molar-refractivity contribution in [3.8, 4) is 22.3 Å². The van der Waals surface area contributed by atoms with Crippen molar-refractivity contribution in [2.45, 2.75) is 26.2 Å². The Labute approximate surface area is 321 Å². The van der Waals surface area contributed by atoms with Gasteiger partial charge in [0.05, 0.1) is 11.1 Å². The quantitative estimate of drug-likeness (QED) is 0.185. The van der Waals surface area contributed by atoms with Crippen LogP contribution in [0.4, 0.5) is 17.1 Å². The van der Waals surface area contributed by atoms with Gasteiger partial charge in [0, 0.05) is 17.1 Å². The number of carboxylic acid groups (broad SMARTS) is 2. The molecular formula is C48H37B2NO4. The molecule has 55 heavy (non-hydrogen) atoms. The van der Waals surface area contributed by atoms with E-state index >= 15 is 0 Å². The highest BCUT2D eigenvalue weighted by molar-refractivity contribution is 7.02. The van der Waals surface area contributed by atoms with Crippen LogP contribution in [0.3, 0.4) is 0 Å². The van der Waals surface area contributed by atoms with Gasteiger partial charge in [-0.1, -0.05) is 153 Å². The van der Waals surface area contributed by atoms with Gasteiger partial charge in [-0.05, 0) is 91.5 Å². The first-order valence-corrected chi connectivity index (χ1v) is 18.6. The number of hydrogen-bond acceptors (Lipinski definition) is 3. The molecule has 9 rings (SSSR count). The molecule has 0 radical (unpaired) electrons. The van der Waals surface area contributed by atoms with Gasteiger partial charge in [0.1, 0.15) is 0 Å². The van der Waals surface area contributed by atoms with E-state index in [0.29, 0.717) is 0 Å². The number of aromatic carboxylic acids is 2. The molecule has 0 saturated heterocycles. The Balaban J connectivity index is 1.28.